The van der Waals surface area contributed by atoms with Crippen LogP contribution >= 0.6 is 55.1 Å². The van der Waals surface area contributed by atoms with Crippen LogP contribution in [0.5, 0.6) is 0 Å². The van der Waals surface area contributed by atoms with Crippen LogP contribution < -0.4 is 5.32 Å². The normalized spacial score (nSPS) is 23.7. The Morgan fingerprint density at radius 2 is 1.73 bits per heavy atom. The Balaban J connectivity index is 1.88. The van der Waals surface area contributed by atoms with E-state index in [0.717, 1.165) is 0 Å². The van der Waals surface area contributed by atoms with Crippen molar-refractivity contribution < 1.29 is 9.53 Å². The first-order valence-electron chi connectivity index (χ1n) is 7.74. The summed E-state index contributed by atoms with van der Waals surface area (Å²) in [6, 6.07) is 13.9. The molecule has 1 fully saturated rings. The molecule has 0 unspecified atom stereocenters. The van der Waals surface area contributed by atoms with Gasteiger partial charge in [0, 0.05) is 27.5 Å². The number of amides is 1. The second kappa shape index (κ2) is 8.30. The fourth-order valence-corrected chi connectivity index (χ4v) is 3.74. The van der Waals surface area contributed by atoms with Gasteiger partial charge < -0.3 is 10.1 Å². The maximum atomic E-state index is 12.9. The highest BCUT2D eigenvalue weighted by atomic mass is 79.9. The Hall–Kier alpha value is -1.08. The predicted octanol–water partition coefficient (Wildman–Crippen LogP) is 5.98. The highest BCUT2D eigenvalue weighted by molar-refractivity contribution is 9.10. The molecule has 0 spiro atoms. The molecule has 136 valence electrons. The number of halogens is 4. The van der Waals surface area contributed by atoms with Crippen molar-refractivity contribution in [3.63, 3.8) is 0 Å². The van der Waals surface area contributed by atoms with Crippen molar-refractivity contribution >= 4 is 78.2 Å². The lowest BCUT2D eigenvalue weighted by molar-refractivity contribution is -0.116. The molecule has 2 atom stereocenters. The minimum Gasteiger partial charge on any atom is -0.475 e. The Morgan fingerprint density at radius 1 is 1.15 bits per heavy atom. The lowest BCUT2D eigenvalue weighted by Gasteiger charge is -2.19. The zero-order chi connectivity index (χ0) is 18.7. The molecule has 1 saturated heterocycles. The first-order chi connectivity index (χ1) is 12.4. The van der Waals surface area contributed by atoms with Crippen LogP contribution in [0.15, 0.2) is 53.5 Å². The molecule has 26 heavy (non-hydrogen) atoms. The minimum atomic E-state index is -1.06. The van der Waals surface area contributed by atoms with Crippen LogP contribution in [0.25, 0.3) is 0 Å². The highest BCUT2D eigenvalue weighted by Gasteiger charge is 2.51. The molecule has 0 aromatic heterocycles. The van der Waals surface area contributed by atoms with Crippen LogP contribution in [-0.2, 0) is 9.53 Å². The van der Waals surface area contributed by atoms with E-state index in [0.29, 0.717) is 39.1 Å². The van der Waals surface area contributed by atoms with Crippen LogP contribution in [0.4, 0.5) is 11.4 Å². The van der Waals surface area contributed by atoms with E-state index >= 15 is 0 Å². The molecule has 0 saturated carbocycles. The van der Waals surface area contributed by atoms with Gasteiger partial charge in [-0.25, -0.2) is 4.99 Å². The Morgan fingerprint density at radius 3 is 2.31 bits per heavy atom. The van der Waals surface area contributed by atoms with Crippen molar-refractivity contribution in [3.8, 4) is 0 Å². The standard InChI is InChI=1S/C18H14Br2Cl2N2O2/c19-10-15-9-18(20,16(25)23-13-5-1-11(21)2-6-13)17(26-15)24-14-7-3-12(22)4-8-14/h1-8,15H,9-10H2,(H,23,25)/t15-,18+/m0/s1. The molecule has 0 aliphatic carbocycles. The molecule has 1 heterocycles. The Kier molecular flexibility index (Phi) is 6.28. The van der Waals surface area contributed by atoms with Gasteiger partial charge in [0.2, 0.25) is 5.90 Å². The van der Waals surface area contributed by atoms with Gasteiger partial charge >= 0.3 is 0 Å². The molecule has 1 aliphatic rings. The van der Waals surface area contributed by atoms with Gasteiger partial charge in [-0.1, -0.05) is 55.1 Å². The topological polar surface area (TPSA) is 50.7 Å². The summed E-state index contributed by atoms with van der Waals surface area (Å²) in [7, 11) is 0. The van der Waals surface area contributed by atoms with E-state index in [2.05, 4.69) is 42.2 Å². The van der Waals surface area contributed by atoms with Crippen LogP contribution in [0.3, 0.4) is 0 Å². The second-order valence-corrected chi connectivity index (χ2v) is 8.63. The number of carbonyl (C=O) groups is 1. The molecule has 2 aromatic rings. The van der Waals surface area contributed by atoms with Crippen LogP contribution in [-0.4, -0.2) is 27.6 Å². The quantitative estimate of drug-likeness (QED) is 0.504. The lowest BCUT2D eigenvalue weighted by atomic mass is 10.0. The van der Waals surface area contributed by atoms with Crippen molar-refractivity contribution in [3.05, 3.63) is 58.6 Å². The Bertz CT molecular complexity index is 828. The summed E-state index contributed by atoms with van der Waals surface area (Å²) in [4.78, 5) is 17.5. The second-order valence-electron chi connectivity index (χ2n) is 5.75. The van der Waals surface area contributed by atoms with Gasteiger partial charge in [0.25, 0.3) is 5.91 Å². The van der Waals surface area contributed by atoms with Crippen LogP contribution in [0.2, 0.25) is 10.0 Å². The number of hydrogen-bond donors (Lipinski definition) is 1. The summed E-state index contributed by atoms with van der Waals surface area (Å²) in [5.41, 5.74) is 1.30. The summed E-state index contributed by atoms with van der Waals surface area (Å²) in [5, 5.41) is 4.69. The van der Waals surface area contributed by atoms with Gasteiger partial charge in [0.15, 0.2) is 4.32 Å². The van der Waals surface area contributed by atoms with Crippen LogP contribution in [0.1, 0.15) is 6.42 Å². The highest BCUT2D eigenvalue weighted by Crippen LogP contribution is 2.38. The summed E-state index contributed by atoms with van der Waals surface area (Å²) in [6.45, 7) is 0. The third kappa shape index (κ3) is 4.42. The molecular weight excluding hydrogens is 507 g/mol. The van der Waals surface area contributed by atoms with E-state index in [4.69, 9.17) is 27.9 Å². The zero-order valence-electron chi connectivity index (χ0n) is 13.4. The van der Waals surface area contributed by atoms with Gasteiger partial charge in [-0.15, -0.1) is 0 Å². The predicted molar refractivity (Wildman–Crippen MR) is 114 cm³/mol. The van der Waals surface area contributed by atoms with Gasteiger partial charge in [-0.05, 0) is 48.5 Å². The molecule has 0 radical (unpaired) electrons. The number of nitrogens with one attached hydrogen (secondary N) is 1. The number of carbonyl (C=O) groups excluding carboxylic acids is 1. The van der Waals surface area contributed by atoms with Crippen LogP contribution in [0, 0.1) is 0 Å². The molecular formula is C18H14Br2Cl2N2O2. The monoisotopic (exact) mass is 518 g/mol. The Labute approximate surface area is 178 Å². The van der Waals surface area contributed by atoms with Crippen molar-refractivity contribution in [1.82, 2.24) is 0 Å². The number of ether oxygens (including phenoxy) is 1. The average molecular weight is 521 g/mol. The third-order valence-electron chi connectivity index (χ3n) is 3.82. The number of nitrogens with zero attached hydrogens (tertiary/aromatic N) is 1. The zero-order valence-corrected chi connectivity index (χ0v) is 18.1. The van der Waals surface area contributed by atoms with E-state index in [9.17, 15) is 4.79 Å². The number of benzene rings is 2. The molecule has 2 aromatic carbocycles. The fraction of sp³-hybridized carbons (Fsp3) is 0.222. The minimum absolute atomic E-state index is 0.170. The third-order valence-corrected chi connectivity index (χ3v) is 6.07. The summed E-state index contributed by atoms with van der Waals surface area (Å²) in [5.74, 6) is 0.0618. The summed E-state index contributed by atoms with van der Waals surface area (Å²) >= 11 is 18.8. The molecule has 3 rings (SSSR count). The molecule has 0 bridgehead atoms. The van der Waals surface area contributed by atoms with E-state index in [-0.39, 0.29) is 12.0 Å². The first-order valence-corrected chi connectivity index (χ1v) is 10.4. The summed E-state index contributed by atoms with van der Waals surface area (Å²) < 4.78 is 4.81. The first kappa shape index (κ1) is 19.7. The maximum Gasteiger partial charge on any atom is 0.250 e. The van der Waals surface area contributed by atoms with Crippen molar-refractivity contribution in [2.24, 2.45) is 4.99 Å². The van der Waals surface area contributed by atoms with Gasteiger partial charge in [-0.2, -0.15) is 0 Å². The van der Waals surface area contributed by atoms with Crippen molar-refractivity contribution in [2.45, 2.75) is 16.8 Å². The van der Waals surface area contributed by atoms with Gasteiger partial charge in [0.05, 0.1) is 5.69 Å². The molecule has 1 amide bonds. The van der Waals surface area contributed by atoms with Crippen molar-refractivity contribution in [1.29, 1.82) is 0 Å². The number of alkyl halides is 2. The van der Waals surface area contributed by atoms with E-state index < -0.39 is 4.32 Å². The van der Waals surface area contributed by atoms with E-state index in [1.54, 1.807) is 48.5 Å². The van der Waals surface area contributed by atoms with Gasteiger partial charge in [0.1, 0.15) is 6.10 Å². The maximum absolute atomic E-state index is 12.9. The lowest BCUT2D eigenvalue weighted by Crippen LogP contribution is -2.41. The smallest absolute Gasteiger partial charge is 0.250 e. The fourth-order valence-electron chi connectivity index (χ4n) is 2.48. The number of aliphatic imine (C=N–C) groups is 1. The molecule has 1 N–H and O–H groups in total. The molecule has 4 nitrogen and oxygen atoms in total. The molecule has 8 heteroatoms. The van der Waals surface area contributed by atoms with Crippen molar-refractivity contribution in [2.75, 3.05) is 10.6 Å². The van der Waals surface area contributed by atoms with Gasteiger partial charge in [-0.3, -0.25) is 4.79 Å². The molecule has 1 aliphatic heterocycles. The SMILES string of the molecule is O=C(Nc1ccc(Cl)cc1)[C@]1(Br)C[C@@H](CBr)OC1=Nc1ccc(Cl)cc1. The number of hydrogen-bond acceptors (Lipinski definition) is 3. The average Bonchev–Trinajstić information content (AvgIpc) is 2.96. The van der Waals surface area contributed by atoms with E-state index in [1.165, 1.54) is 0 Å². The number of rotatable bonds is 4. The van der Waals surface area contributed by atoms with E-state index in [1.807, 2.05) is 0 Å². The number of anilines is 1. The largest absolute Gasteiger partial charge is 0.475 e. The summed E-state index contributed by atoms with van der Waals surface area (Å²) in [6.07, 6.45) is 0.279.